The van der Waals surface area contributed by atoms with Crippen molar-refractivity contribution in [1.82, 2.24) is 35.1 Å². The number of imidazole rings is 1. The maximum Gasteiger partial charge on any atom is 0.328 e. The van der Waals surface area contributed by atoms with E-state index in [4.69, 9.17) is 16.4 Å². The number of benzene rings is 2. The summed E-state index contributed by atoms with van der Waals surface area (Å²) in [6.45, 7) is 6.75. The first-order chi connectivity index (χ1) is 23.8. The Labute approximate surface area is 285 Å². The monoisotopic (exact) mass is 673 g/mol. The Kier molecular flexibility index (Phi) is 12.7. The molecule has 0 bridgehead atoms. The Morgan fingerprint density at radius 1 is 0.959 bits per heavy atom. The van der Waals surface area contributed by atoms with Crippen molar-refractivity contribution in [2.45, 2.75) is 58.5 Å². The molecule has 2 aromatic carbocycles. The van der Waals surface area contributed by atoms with Crippen LogP contribution in [0.3, 0.4) is 0 Å². The molecule has 2 amide bonds. The Balaban J connectivity index is 1.03. The number of ether oxygens (including phenoxy) is 1. The second-order valence-electron chi connectivity index (χ2n) is 12.5. The van der Waals surface area contributed by atoms with Gasteiger partial charge in [-0.1, -0.05) is 49.7 Å². The Bertz CT molecular complexity index is 1730. The summed E-state index contributed by atoms with van der Waals surface area (Å²) in [4.78, 5) is 55.0. The Morgan fingerprint density at radius 3 is 2.35 bits per heavy atom. The fraction of sp³-hybridized carbons (Fsp3) is 0.457. The van der Waals surface area contributed by atoms with Crippen LogP contribution in [0.5, 0.6) is 6.01 Å². The number of fused-ring (bicyclic) bond motifs is 1. The third-order valence-electron chi connectivity index (χ3n) is 8.84. The van der Waals surface area contributed by atoms with E-state index < -0.39 is 0 Å². The van der Waals surface area contributed by atoms with Crippen LogP contribution in [0.15, 0.2) is 53.3 Å². The van der Waals surface area contributed by atoms with Crippen molar-refractivity contribution in [3.63, 3.8) is 0 Å². The van der Waals surface area contributed by atoms with Crippen LogP contribution < -0.4 is 32.7 Å². The summed E-state index contributed by atoms with van der Waals surface area (Å²) in [5.41, 5.74) is 10.5. The molecule has 3 heterocycles. The zero-order chi connectivity index (χ0) is 34.6. The number of nitrogen functional groups attached to an aromatic ring is 1. The van der Waals surface area contributed by atoms with E-state index in [1.165, 1.54) is 5.56 Å². The first kappa shape index (κ1) is 35.5. The van der Waals surface area contributed by atoms with Gasteiger partial charge in [0, 0.05) is 25.2 Å². The number of aromatic amines is 1. The van der Waals surface area contributed by atoms with Crippen molar-refractivity contribution in [2.24, 2.45) is 11.8 Å². The zero-order valence-corrected chi connectivity index (χ0v) is 28.1. The average molecular weight is 674 g/mol. The van der Waals surface area contributed by atoms with E-state index in [0.29, 0.717) is 55.3 Å². The number of hydrogen-bond acceptors (Lipinski definition) is 10. The second-order valence-corrected chi connectivity index (χ2v) is 12.5. The molecule has 1 aliphatic rings. The molecule has 1 aliphatic heterocycles. The standard InChI is InChI=1S/C35H47N9O5/c1-2-3-20-48-34-41-31(36)30-32(42-34)44(35(47)40-30)22-27-6-4-26(5-7-27)21-43-18-14-25(15-19-43)13-17-39-33(46)28-10-8-24(9-11-28)12-16-38-29(45)23-49-37/h4-11,25H,2-3,12-23,37H2,1H3,(H,38,45)(H,39,46)(H,40,47)(H2,36,41,42). The van der Waals surface area contributed by atoms with E-state index >= 15 is 0 Å². The maximum atomic E-state index is 12.8. The molecule has 7 N–H and O–H groups in total. The predicted octanol–water partition coefficient (Wildman–Crippen LogP) is 2.51. The van der Waals surface area contributed by atoms with Crippen LogP contribution in [0.2, 0.25) is 0 Å². The van der Waals surface area contributed by atoms with Crippen LogP contribution in [0.1, 0.15) is 66.1 Å². The highest BCUT2D eigenvalue weighted by atomic mass is 16.6. The second kappa shape index (κ2) is 17.6. The fourth-order valence-electron chi connectivity index (χ4n) is 5.96. The minimum atomic E-state index is -0.294. The van der Waals surface area contributed by atoms with Crippen molar-refractivity contribution in [1.29, 1.82) is 0 Å². The molecular formula is C35H47N9O5. The van der Waals surface area contributed by atoms with Crippen molar-refractivity contribution in [2.75, 3.05) is 45.1 Å². The predicted molar refractivity (Wildman–Crippen MR) is 187 cm³/mol. The van der Waals surface area contributed by atoms with E-state index in [1.54, 1.807) is 4.57 Å². The number of piperidine rings is 1. The maximum absolute atomic E-state index is 12.8. The number of nitrogens with zero attached hydrogens (tertiary/aromatic N) is 4. The molecule has 2 aromatic heterocycles. The number of amides is 2. The highest BCUT2D eigenvalue weighted by molar-refractivity contribution is 5.94. The molecule has 0 unspecified atom stereocenters. The minimum Gasteiger partial charge on any atom is -0.463 e. The summed E-state index contributed by atoms with van der Waals surface area (Å²) in [5, 5.41) is 5.78. The number of nitrogens with one attached hydrogen (secondary N) is 3. The zero-order valence-electron chi connectivity index (χ0n) is 28.1. The third kappa shape index (κ3) is 10.1. The number of carbonyl (C=O) groups is 2. The fourth-order valence-corrected chi connectivity index (χ4v) is 5.96. The van der Waals surface area contributed by atoms with Gasteiger partial charge >= 0.3 is 11.7 Å². The Morgan fingerprint density at radius 2 is 1.65 bits per heavy atom. The molecule has 0 aliphatic carbocycles. The van der Waals surface area contributed by atoms with Crippen molar-refractivity contribution >= 4 is 28.8 Å². The van der Waals surface area contributed by atoms with Crippen LogP contribution in [-0.2, 0) is 29.1 Å². The molecule has 4 aromatic rings. The van der Waals surface area contributed by atoms with Gasteiger partial charge in [-0.25, -0.2) is 10.7 Å². The largest absolute Gasteiger partial charge is 0.463 e. The molecule has 1 saturated heterocycles. The Hall–Kier alpha value is -4.79. The molecule has 0 radical (unpaired) electrons. The van der Waals surface area contributed by atoms with E-state index in [9.17, 15) is 14.4 Å². The van der Waals surface area contributed by atoms with Crippen LogP contribution in [0.4, 0.5) is 5.82 Å². The number of likely N-dealkylation sites (tertiary alicyclic amines) is 1. The number of hydrogen-bond donors (Lipinski definition) is 5. The first-order valence-electron chi connectivity index (χ1n) is 17.0. The van der Waals surface area contributed by atoms with Gasteiger partial charge in [-0.05, 0) is 79.9 Å². The molecule has 0 atom stereocenters. The minimum absolute atomic E-state index is 0.0750. The molecule has 5 rings (SSSR count). The van der Waals surface area contributed by atoms with E-state index in [2.05, 4.69) is 54.4 Å². The van der Waals surface area contributed by atoms with Crippen LogP contribution in [0, 0.1) is 5.92 Å². The summed E-state index contributed by atoms with van der Waals surface area (Å²) in [6, 6.07) is 15.9. The molecular weight excluding hydrogens is 626 g/mol. The summed E-state index contributed by atoms with van der Waals surface area (Å²) in [5.74, 6) is 5.32. The van der Waals surface area contributed by atoms with Gasteiger partial charge in [0.25, 0.3) is 5.91 Å². The van der Waals surface area contributed by atoms with Gasteiger partial charge in [0.1, 0.15) is 12.1 Å². The van der Waals surface area contributed by atoms with E-state index in [0.717, 1.165) is 62.9 Å². The normalized spacial score (nSPS) is 13.8. The van der Waals surface area contributed by atoms with Crippen molar-refractivity contribution < 1.29 is 19.2 Å². The lowest BCUT2D eigenvalue weighted by molar-refractivity contribution is -0.125. The molecule has 1 fully saturated rings. The highest BCUT2D eigenvalue weighted by Gasteiger charge is 2.20. The van der Waals surface area contributed by atoms with E-state index in [1.807, 2.05) is 36.4 Å². The topological polar surface area (TPSA) is 196 Å². The van der Waals surface area contributed by atoms with Gasteiger partial charge in [0.15, 0.2) is 11.5 Å². The molecule has 14 nitrogen and oxygen atoms in total. The molecule has 0 saturated carbocycles. The smallest absolute Gasteiger partial charge is 0.328 e. The lowest BCUT2D eigenvalue weighted by Crippen LogP contribution is -2.34. The number of aromatic nitrogens is 4. The lowest BCUT2D eigenvalue weighted by atomic mass is 9.93. The number of nitrogens with two attached hydrogens (primary N) is 2. The lowest BCUT2D eigenvalue weighted by Gasteiger charge is -2.32. The number of unbranched alkanes of at least 4 members (excludes halogenated alkanes) is 1. The molecule has 0 spiro atoms. The number of rotatable bonds is 17. The van der Waals surface area contributed by atoms with E-state index in [-0.39, 0.29) is 35.9 Å². The molecule has 49 heavy (non-hydrogen) atoms. The SMILES string of the molecule is CCCCOc1nc(N)c2[nH]c(=O)n(Cc3ccc(CN4CCC(CCNC(=O)c5ccc(CCNC(=O)CON)cc5)CC4)cc3)c2n1. The molecule has 262 valence electrons. The van der Waals surface area contributed by atoms with Crippen LogP contribution in [-0.4, -0.2) is 75.6 Å². The summed E-state index contributed by atoms with van der Waals surface area (Å²) < 4.78 is 7.21. The molecule has 14 heteroatoms. The van der Waals surface area contributed by atoms with Crippen molar-refractivity contribution in [3.05, 3.63) is 81.3 Å². The highest BCUT2D eigenvalue weighted by Crippen LogP contribution is 2.23. The van der Waals surface area contributed by atoms with Crippen LogP contribution >= 0.6 is 0 Å². The summed E-state index contributed by atoms with van der Waals surface area (Å²) in [6.07, 6.45) is 5.65. The van der Waals surface area contributed by atoms with Crippen LogP contribution in [0.25, 0.3) is 11.2 Å². The van der Waals surface area contributed by atoms with Gasteiger partial charge in [-0.2, -0.15) is 9.97 Å². The van der Waals surface area contributed by atoms with Gasteiger partial charge < -0.3 is 26.1 Å². The average Bonchev–Trinajstić information content (AvgIpc) is 3.41. The van der Waals surface area contributed by atoms with Gasteiger partial charge in [0.2, 0.25) is 5.91 Å². The third-order valence-corrected chi connectivity index (χ3v) is 8.84. The quantitative estimate of drug-likeness (QED) is 0.0821. The summed E-state index contributed by atoms with van der Waals surface area (Å²) in [7, 11) is 0. The first-order valence-corrected chi connectivity index (χ1v) is 17.0. The number of H-pyrrole nitrogens is 1. The van der Waals surface area contributed by atoms with Gasteiger partial charge in [0.05, 0.1) is 13.2 Å². The van der Waals surface area contributed by atoms with Gasteiger partial charge in [-0.3, -0.25) is 23.9 Å². The van der Waals surface area contributed by atoms with Gasteiger partial charge in [-0.15, -0.1) is 0 Å². The number of anilines is 1. The summed E-state index contributed by atoms with van der Waals surface area (Å²) >= 11 is 0. The number of carbonyl (C=O) groups excluding carboxylic acids is 2. The van der Waals surface area contributed by atoms with Crippen molar-refractivity contribution in [3.8, 4) is 6.01 Å².